The minimum atomic E-state index is -0.356. The number of ether oxygens (including phenoxy) is 1. The Kier molecular flexibility index (Phi) is 1.99. The van der Waals surface area contributed by atoms with E-state index in [2.05, 4.69) is 10.3 Å². The number of nitrogens with one attached hydrogen (secondary N) is 1. The summed E-state index contributed by atoms with van der Waals surface area (Å²) in [7, 11) is 0. The molecule has 0 saturated heterocycles. The molecule has 1 aromatic carbocycles. The number of pyridine rings is 1. The number of hydrogen-bond donors (Lipinski definition) is 1. The number of rotatable bonds is 0. The zero-order chi connectivity index (χ0) is 11.0. The van der Waals surface area contributed by atoms with Gasteiger partial charge in [-0.1, -0.05) is 12.1 Å². The van der Waals surface area contributed by atoms with Crippen LogP contribution in [0.25, 0.3) is 0 Å². The van der Waals surface area contributed by atoms with E-state index >= 15 is 0 Å². The maximum atomic E-state index is 13.1. The van der Waals surface area contributed by atoms with Gasteiger partial charge in [0.1, 0.15) is 23.9 Å². The van der Waals surface area contributed by atoms with E-state index in [0.29, 0.717) is 18.0 Å². The van der Waals surface area contributed by atoms with Crippen LogP contribution in [0.2, 0.25) is 0 Å². The highest BCUT2D eigenvalue weighted by molar-refractivity contribution is 5.68. The Morgan fingerprint density at radius 2 is 2.12 bits per heavy atom. The summed E-state index contributed by atoms with van der Waals surface area (Å²) in [5, 5.41) is 3.12. The van der Waals surface area contributed by atoms with Crippen molar-refractivity contribution in [2.45, 2.75) is 6.61 Å². The molecule has 0 saturated carbocycles. The van der Waals surface area contributed by atoms with Crippen LogP contribution in [-0.2, 0) is 6.61 Å². The molecule has 3 nitrogen and oxygen atoms in total. The molecule has 0 atom stereocenters. The largest absolute Gasteiger partial charge is 0.485 e. The van der Waals surface area contributed by atoms with Gasteiger partial charge in [-0.15, -0.1) is 0 Å². The highest BCUT2D eigenvalue weighted by Crippen LogP contribution is 2.32. The van der Waals surface area contributed by atoms with Gasteiger partial charge in [-0.05, 0) is 12.1 Å². The first-order chi connectivity index (χ1) is 7.83. The van der Waals surface area contributed by atoms with Crippen molar-refractivity contribution in [2.75, 3.05) is 5.32 Å². The molecular formula is C12H9FN2O. The third kappa shape index (κ3) is 1.48. The summed E-state index contributed by atoms with van der Waals surface area (Å²) in [6.45, 7) is 0.347. The highest BCUT2D eigenvalue weighted by atomic mass is 19.1. The van der Waals surface area contributed by atoms with E-state index in [1.165, 1.54) is 12.3 Å². The Morgan fingerprint density at radius 1 is 1.25 bits per heavy atom. The second-order valence-corrected chi connectivity index (χ2v) is 3.56. The van der Waals surface area contributed by atoms with Crippen LogP contribution in [-0.4, -0.2) is 4.98 Å². The van der Waals surface area contributed by atoms with Crippen LogP contribution in [0, 0.1) is 5.82 Å². The molecule has 2 aromatic rings. The van der Waals surface area contributed by atoms with Gasteiger partial charge in [-0.3, -0.25) is 4.98 Å². The summed E-state index contributed by atoms with van der Waals surface area (Å²) < 4.78 is 18.6. The quantitative estimate of drug-likeness (QED) is 0.735. The molecule has 1 aromatic heterocycles. The van der Waals surface area contributed by atoms with Crippen LogP contribution in [0.4, 0.5) is 15.8 Å². The van der Waals surface area contributed by atoms with Gasteiger partial charge in [0.15, 0.2) is 0 Å². The molecule has 3 rings (SSSR count). The van der Waals surface area contributed by atoms with Crippen molar-refractivity contribution < 1.29 is 9.13 Å². The fourth-order valence-electron chi connectivity index (χ4n) is 1.68. The van der Waals surface area contributed by atoms with Gasteiger partial charge in [0.2, 0.25) is 0 Å². The first-order valence-corrected chi connectivity index (χ1v) is 4.96. The van der Waals surface area contributed by atoms with Crippen molar-refractivity contribution in [2.24, 2.45) is 0 Å². The lowest BCUT2D eigenvalue weighted by molar-refractivity contribution is 0.306. The van der Waals surface area contributed by atoms with Crippen LogP contribution in [0.3, 0.4) is 0 Å². The monoisotopic (exact) mass is 216 g/mol. The van der Waals surface area contributed by atoms with Gasteiger partial charge < -0.3 is 10.1 Å². The molecule has 0 spiro atoms. The number of para-hydroxylation sites is 2. The molecule has 2 heterocycles. The first kappa shape index (κ1) is 9.15. The third-order valence-corrected chi connectivity index (χ3v) is 2.46. The normalized spacial score (nSPS) is 12.8. The van der Waals surface area contributed by atoms with E-state index in [1.807, 2.05) is 24.3 Å². The van der Waals surface area contributed by atoms with Gasteiger partial charge in [-0.25, -0.2) is 4.39 Å². The minimum Gasteiger partial charge on any atom is -0.485 e. The lowest BCUT2D eigenvalue weighted by atomic mass is 10.2. The van der Waals surface area contributed by atoms with Crippen molar-refractivity contribution in [3.8, 4) is 5.75 Å². The molecule has 0 aliphatic carbocycles. The molecule has 1 N–H and O–H groups in total. The van der Waals surface area contributed by atoms with E-state index in [9.17, 15) is 4.39 Å². The number of aromatic nitrogens is 1. The number of fused-ring (bicyclic) bond motifs is 2. The summed E-state index contributed by atoms with van der Waals surface area (Å²) in [5.41, 5.74) is 2.19. The molecule has 0 unspecified atom stereocenters. The lowest BCUT2D eigenvalue weighted by Gasteiger charge is -2.06. The summed E-state index contributed by atoms with van der Waals surface area (Å²) in [6, 6.07) is 8.96. The summed E-state index contributed by atoms with van der Waals surface area (Å²) in [6.07, 6.45) is 1.19. The summed E-state index contributed by atoms with van der Waals surface area (Å²) >= 11 is 0. The van der Waals surface area contributed by atoms with Crippen LogP contribution in [0.5, 0.6) is 5.75 Å². The molecule has 0 radical (unpaired) electrons. The third-order valence-electron chi connectivity index (χ3n) is 2.46. The van der Waals surface area contributed by atoms with E-state index < -0.39 is 0 Å². The van der Waals surface area contributed by atoms with Crippen molar-refractivity contribution >= 4 is 11.4 Å². The molecule has 0 fully saturated rings. The van der Waals surface area contributed by atoms with Gasteiger partial charge in [0.05, 0.1) is 17.6 Å². The van der Waals surface area contributed by atoms with Crippen molar-refractivity contribution in [1.82, 2.24) is 4.98 Å². The average Bonchev–Trinajstić information content (AvgIpc) is 2.47. The molecule has 0 bridgehead atoms. The topological polar surface area (TPSA) is 34.2 Å². The molecule has 4 heteroatoms. The molecule has 0 amide bonds. The Bertz CT molecular complexity index is 542. The predicted molar refractivity (Wildman–Crippen MR) is 58.3 cm³/mol. The fraction of sp³-hybridized carbons (Fsp3) is 0.0833. The zero-order valence-corrected chi connectivity index (χ0v) is 8.40. The Balaban J connectivity index is 2.10. The Labute approximate surface area is 91.9 Å². The van der Waals surface area contributed by atoms with Gasteiger partial charge in [-0.2, -0.15) is 0 Å². The molecule has 1 aliphatic rings. The maximum Gasteiger partial charge on any atom is 0.143 e. The average molecular weight is 216 g/mol. The second-order valence-electron chi connectivity index (χ2n) is 3.56. The smallest absolute Gasteiger partial charge is 0.143 e. The zero-order valence-electron chi connectivity index (χ0n) is 8.40. The number of hydrogen-bond acceptors (Lipinski definition) is 3. The van der Waals surface area contributed by atoms with Crippen LogP contribution in [0.1, 0.15) is 5.69 Å². The SMILES string of the molecule is Fc1cnc2c(c1)Nc1ccccc1OC2. The van der Waals surface area contributed by atoms with Crippen LogP contribution >= 0.6 is 0 Å². The Morgan fingerprint density at radius 3 is 3.06 bits per heavy atom. The number of benzene rings is 1. The Hall–Kier alpha value is -2.10. The van der Waals surface area contributed by atoms with E-state index in [-0.39, 0.29) is 5.82 Å². The summed E-state index contributed by atoms with van der Waals surface area (Å²) in [5.74, 6) is 0.395. The number of halogens is 1. The summed E-state index contributed by atoms with van der Waals surface area (Å²) in [4.78, 5) is 4.00. The number of anilines is 2. The van der Waals surface area contributed by atoms with Crippen molar-refractivity contribution in [1.29, 1.82) is 0 Å². The number of nitrogens with zero attached hydrogens (tertiary/aromatic N) is 1. The first-order valence-electron chi connectivity index (χ1n) is 4.96. The van der Waals surface area contributed by atoms with Crippen LogP contribution < -0.4 is 10.1 Å². The second kappa shape index (κ2) is 3.48. The minimum absolute atomic E-state index is 0.347. The van der Waals surface area contributed by atoms with E-state index in [0.717, 1.165) is 11.4 Å². The van der Waals surface area contributed by atoms with Gasteiger partial charge in [0, 0.05) is 6.07 Å². The van der Waals surface area contributed by atoms with Crippen molar-refractivity contribution in [3.05, 3.63) is 48.0 Å². The van der Waals surface area contributed by atoms with Gasteiger partial charge >= 0.3 is 0 Å². The highest BCUT2D eigenvalue weighted by Gasteiger charge is 2.14. The molecule has 1 aliphatic heterocycles. The predicted octanol–water partition coefficient (Wildman–Crippen LogP) is 2.86. The standard InChI is InChI=1S/C12H9FN2O/c13-8-5-10-11(14-6-8)7-16-12-4-2-1-3-9(12)15-10/h1-6,15H,7H2. The van der Waals surface area contributed by atoms with Crippen LogP contribution in [0.15, 0.2) is 36.5 Å². The van der Waals surface area contributed by atoms with Gasteiger partial charge in [0.25, 0.3) is 0 Å². The maximum absolute atomic E-state index is 13.1. The molecule has 16 heavy (non-hydrogen) atoms. The van der Waals surface area contributed by atoms with Crippen molar-refractivity contribution in [3.63, 3.8) is 0 Å². The molecule has 80 valence electrons. The molecular weight excluding hydrogens is 207 g/mol. The van der Waals surface area contributed by atoms with E-state index in [4.69, 9.17) is 4.74 Å². The fourth-order valence-corrected chi connectivity index (χ4v) is 1.68. The van der Waals surface area contributed by atoms with E-state index in [1.54, 1.807) is 0 Å². The lowest BCUT2D eigenvalue weighted by Crippen LogP contribution is -1.98.